The summed E-state index contributed by atoms with van der Waals surface area (Å²) in [7, 11) is 0. The lowest BCUT2D eigenvalue weighted by Gasteiger charge is -2.20. The Morgan fingerprint density at radius 2 is 2.15 bits per heavy atom. The van der Waals surface area contributed by atoms with Gasteiger partial charge in [-0.25, -0.2) is 4.98 Å². The van der Waals surface area contributed by atoms with Crippen molar-refractivity contribution in [3.05, 3.63) is 23.4 Å². The molecule has 1 unspecified atom stereocenters. The number of rotatable bonds is 1. The van der Waals surface area contributed by atoms with E-state index in [9.17, 15) is 0 Å². The normalized spacial score (nSPS) is 31.9. The molecule has 4 rings (SSSR count). The van der Waals surface area contributed by atoms with Gasteiger partial charge in [0, 0.05) is 18.3 Å². The number of aromatic nitrogens is 4. The van der Waals surface area contributed by atoms with Gasteiger partial charge in [0.1, 0.15) is 5.82 Å². The van der Waals surface area contributed by atoms with Crippen LogP contribution in [-0.4, -0.2) is 37.6 Å². The molecule has 0 spiro atoms. The first-order chi connectivity index (χ1) is 9.55. The third-order valence-electron chi connectivity index (χ3n) is 4.02. The maximum atomic E-state index is 6.04. The summed E-state index contributed by atoms with van der Waals surface area (Å²) in [5, 5.41) is 8.80. The van der Waals surface area contributed by atoms with Crippen molar-refractivity contribution in [2.45, 2.75) is 50.6 Å². The summed E-state index contributed by atoms with van der Waals surface area (Å²) < 4.78 is 13.9. The summed E-state index contributed by atoms with van der Waals surface area (Å²) in [5.41, 5.74) is 0.589. The molecule has 2 aromatic heterocycles. The monoisotopic (exact) mass is 294 g/mol. The minimum Gasteiger partial charge on any atom is -0.345 e. The van der Waals surface area contributed by atoms with Crippen LogP contribution < -0.4 is 0 Å². The van der Waals surface area contributed by atoms with E-state index in [-0.39, 0.29) is 18.1 Å². The van der Waals surface area contributed by atoms with Gasteiger partial charge in [-0.1, -0.05) is 11.6 Å². The lowest BCUT2D eigenvalue weighted by Crippen LogP contribution is -2.25. The first-order valence-electron chi connectivity index (χ1n) is 6.76. The first kappa shape index (κ1) is 12.5. The molecule has 6 nitrogen and oxygen atoms in total. The molecule has 1 saturated carbocycles. The molecule has 0 N–H and O–H groups in total. The topological polar surface area (TPSA) is 61.5 Å². The minimum atomic E-state index is -0.520. The average Bonchev–Trinajstić information content (AvgIpc) is 3.01. The van der Waals surface area contributed by atoms with Crippen LogP contribution in [0.1, 0.15) is 38.4 Å². The van der Waals surface area contributed by atoms with Crippen LogP contribution in [0.4, 0.5) is 0 Å². The fourth-order valence-corrected chi connectivity index (χ4v) is 3.46. The van der Waals surface area contributed by atoms with Crippen molar-refractivity contribution >= 4 is 17.2 Å². The molecular formula is C13H15ClN4O2. The number of fused-ring (bicyclic) bond motifs is 2. The van der Waals surface area contributed by atoms with Crippen LogP contribution >= 0.6 is 11.6 Å². The second-order valence-corrected chi connectivity index (χ2v) is 6.15. The molecule has 7 heteroatoms. The van der Waals surface area contributed by atoms with Gasteiger partial charge >= 0.3 is 0 Å². The molecule has 20 heavy (non-hydrogen) atoms. The molecule has 106 valence electrons. The van der Waals surface area contributed by atoms with Crippen LogP contribution in [0.15, 0.2) is 12.4 Å². The summed E-state index contributed by atoms with van der Waals surface area (Å²) >= 11 is 6.04. The maximum absolute atomic E-state index is 6.04. The highest BCUT2D eigenvalue weighted by Crippen LogP contribution is 2.45. The molecular weight excluding hydrogens is 280 g/mol. The van der Waals surface area contributed by atoms with Gasteiger partial charge in [-0.2, -0.15) is 0 Å². The highest BCUT2D eigenvalue weighted by atomic mass is 35.5. The molecule has 0 amide bonds. The molecule has 0 radical (unpaired) electrons. The predicted molar refractivity (Wildman–Crippen MR) is 71.6 cm³/mol. The number of halogens is 1. The van der Waals surface area contributed by atoms with Crippen LogP contribution in [0.25, 0.3) is 5.65 Å². The number of ether oxygens (including phenoxy) is 2. The van der Waals surface area contributed by atoms with E-state index in [2.05, 4.69) is 15.2 Å². The zero-order chi connectivity index (χ0) is 13.9. The van der Waals surface area contributed by atoms with Crippen molar-refractivity contribution < 1.29 is 9.47 Å². The van der Waals surface area contributed by atoms with Gasteiger partial charge in [-0.05, 0) is 26.7 Å². The third kappa shape index (κ3) is 1.75. The Bertz CT molecular complexity index is 671. The molecule has 2 aliphatic rings. The van der Waals surface area contributed by atoms with E-state index in [1.165, 1.54) is 0 Å². The summed E-state index contributed by atoms with van der Waals surface area (Å²) in [6.45, 7) is 3.90. The van der Waals surface area contributed by atoms with Crippen LogP contribution in [-0.2, 0) is 9.47 Å². The molecule has 2 fully saturated rings. The van der Waals surface area contributed by atoms with Crippen LogP contribution in [0, 0.1) is 0 Å². The predicted octanol–water partition coefficient (Wildman–Crippen LogP) is 2.18. The maximum Gasteiger partial charge on any atom is 0.198 e. The van der Waals surface area contributed by atoms with Gasteiger partial charge in [0.25, 0.3) is 0 Å². The second-order valence-electron chi connectivity index (χ2n) is 5.79. The SMILES string of the molecule is CC1(C)OC2CC[C@@H](c3nnc4c(Cl)nccn34)[C@H]2O1. The largest absolute Gasteiger partial charge is 0.345 e. The Labute approximate surface area is 121 Å². The van der Waals surface area contributed by atoms with E-state index in [1.54, 1.807) is 6.20 Å². The Kier molecular flexibility index (Phi) is 2.58. The summed E-state index contributed by atoms with van der Waals surface area (Å²) in [6, 6.07) is 0. The summed E-state index contributed by atoms with van der Waals surface area (Å²) in [4.78, 5) is 4.02. The van der Waals surface area contributed by atoms with Crippen LogP contribution in [0.3, 0.4) is 0 Å². The van der Waals surface area contributed by atoms with Gasteiger partial charge < -0.3 is 9.47 Å². The van der Waals surface area contributed by atoms with Crippen molar-refractivity contribution in [2.24, 2.45) is 0 Å². The Hall–Kier alpha value is -1.24. The van der Waals surface area contributed by atoms with E-state index >= 15 is 0 Å². The van der Waals surface area contributed by atoms with Crippen LogP contribution in [0.5, 0.6) is 0 Å². The molecule has 0 aromatic carbocycles. The molecule has 0 bridgehead atoms. The fraction of sp³-hybridized carbons (Fsp3) is 0.615. The molecule has 1 saturated heterocycles. The second kappa shape index (κ2) is 4.13. The van der Waals surface area contributed by atoms with Crippen molar-refractivity contribution in [1.29, 1.82) is 0 Å². The highest BCUT2D eigenvalue weighted by Gasteiger charge is 2.50. The molecule has 2 aromatic rings. The zero-order valence-corrected chi connectivity index (χ0v) is 12.0. The number of hydrogen-bond donors (Lipinski definition) is 0. The van der Waals surface area contributed by atoms with E-state index in [0.29, 0.717) is 10.8 Å². The van der Waals surface area contributed by atoms with Crippen molar-refractivity contribution in [2.75, 3.05) is 0 Å². The Morgan fingerprint density at radius 3 is 3.00 bits per heavy atom. The average molecular weight is 295 g/mol. The molecule has 1 aliphatic heterocycles. The van der Waals surface area contributed by atoms with E-state index in [1.807, 2.05) is 24.4 Å². The van der Waals surface area contributed by atoms with Crippen molar-refractivity contribution in [3.63, 3.8) is 0 Å². The van der Waals surface area contributed by atoms with Gasteiger partial charge in [0.05, 0.1) is 12.2 Å². The summed E-state index contributed by atoms with van der Waals surface area (Å²) in [5.74, 6) is 0.529. The van der Waals surface area contributed by atoms with Gasteiger partial charge in [0.2, 0.25) is 0 Å². The van der Waals surface area contributed by atoms with Gasteiger partial charge in [-0.15, -0.1) is 10.2 Å². The highest BCUT2D eigenvalue weighted by molar-refractivity contribution is 6.32. The zero-order valence-electron chi connectivity index (χ0n) is 11.3. The smallest absolute Gasteiger partial charge is 0.198 e. The van der Waals surface area contributed by atoms with E-state index in [0.717, 1.165) is 18.7 Å². The standard InChI is InChI=1S/C13H15ClN4O2/c1-13(2)19-8-4-3-7(9(8)20-13)11-16-17-12-10(14)15-5-6-18(11)12/h5-9H,3-4H2,1-2H3/t7-,8?,9-/m1/s1. The first-order valence-corrected chi connectivity index (χ1v) is 7.14. The minimum absolute atomic E-state index is 0.0318. The summed E-state index contributed by atoms with van der Waals surface area (Å²) in [6.07, 6.45) is 5.62. The van der Waals surface area contributed by atoms with Gasteiger partial charge in [0.15, 0.2) is 16.6 Å². The van der Waals surface area contributed by atoms with Gasteiger partial charge in [-0.3, -0.25) is 4.40 Å². The molecule has 1 aliphatic carbocycles. The van der Waals surface area contributed by atoms with Crippen molar-refractivity contribution in [3.8, 4) is 0 Å². The lowest BCUT2D eigenvalue weighted by molar-refractivity contribution is -0.153. The van der Waals surface area contributed by atoms with Crippen molar-refractivity contribution in [1.82, 2.24) is 19.6 Å². The lowest BCUT2D eigenvalue weighted by atomic mass is 10.0. The number of hydrogen-bond acceptors (Lipinski definition) is 5. The molecule has 3 heterocycles. The molecule has 3 atom stereocenters. The Balaban J connectivity index is 1.75. The van der Waals surface area contributed by atoms with E-state index < -0.39 is 5.79 Å². The fourth-order valence-electron chi connectivity index (χ4n) is 3.28. The quantitative estimate of drug-likeness (QED) is 0.807. The Morgan fingerprint density at radius 1 is 1.30 bits per heavy atom. The number of nitrogens with zero attached hydrogens (tertiary/aromatic N) is 4. The van der Waals surface area contributed by atoms with E-state index in [4.69, 9.17) is 21.1 Å². The van der Waals surface area contributed by atoms with Crippen LogP contribution in [0.2, 0.25) is 5.15 Å². The third-order valence-corrected chi connectivity index (χ3v) is 4.29.